The van der Waals surface area contributed by atoms with Crippen molar-refractivity contribution >= 4 is 17.5 Å². The standard InChI is InChI=1S/C15H22NO2S/c1-4-16(5-2)8-6-13(7-9-16)10-18-14-11-19-12(3)15(14)17/h6-8,11-12H,4-5,9-10H2,1-3H3/q+1. The number of quaternary nitrogens is 1. The van der Waals surface area contributed by atoms with Crippen molar-refractivity contribution in [2.24, 2.45) is 0 Å². The molecule has 0 aromatic rings. The molecule has 2 heterocycles. The molecule has 4 heteroatoms. The molecular weight excluding hydrogens is 258 g/mol. The highest BCUT2D eigenvalue weighted by atomic mass is 32.2. The molecule has 2 rings (SSSR count). The number of likely N-dealkylation sites (N-methyl/N-ethyl adjacent to an activating group) is 1. The Morgan fingerprint density at radius 1 is 1.42 bits per heavy atom. The van der Waals surface area contributed by atoms with Crippen LogP contribution in [0.4, 0.5) is 0 Å². The highest BCUT2D eigenvalue weighted by molar-refractivity contribution is 8.03. The van der Waals surface area contributed by atoms with E-state index in [1.54, 1.807) is 0 Å². The van der Waals surface area contributed by atoms with Gasteiger partial charge >= 0.3 is 0 Å². The van der Waals surface area contributed by atoms with Crippen LogP contribution < -0.4 is 0 Å². The van der Waals surface area contributed by atoms with Crippen molar-refractivity contribution in [1.82, 2.24) is 0 Å². The highest BCUT2D eigenvalue weighted by Crippen LogP contribution is 2.27. The minimum Gasteiger partial charge on any atom is -0.485 e. The Morgan fingerprint density at radius 2 is 2.16 bits per heavy atom. The first-order valence-corrected chi connectivity index (χ1v) is 7.81. The molecule has 0 amide bonds. The summed E-state index contributed by atoms with van der Waals surface area (Å²) in [6.07, 6.45) is 6.61. The Labute approximate surface area is 119 Å². The molecule has 2 aliphatic heterocycles. The quantitative estimate of drug-likeness (QED) is 0.724. The van der Waals surface area contributed by atoms with Crippen LogP contribution in [0.3, 0.4) is 0 Å². The van der Waals surface area contributed by atoms with Crippen molar-refractivity contribution in [3.8, 4) is 0 Å². The summed E-state index contributed by atoms with van der Waals surface area (Å²) in [6, 6.07) is 0. The molecule has 104 valence electrons. The molecule has 0 N–H and O–H groups in total. The number of ketones is 1. The molecule has 0 spiro atoms. The largest absolute Gasteiger partial charge is 0.485 e. The summed E-state index contributed by atoms with van der Waals surface area (Å²) in [4.78, 5) is 11.7. The normalized spacial score (nSPS) is 25.2. The van der Waals surface area contributed by atoms with Gasteiger partial charge in [0.1, 0.15) is 13.2 Å². The Hall–Kier alpha value is -1.00. The fourth-order valence-corrected chi connectivity index (χ4v) is 2.98. The summed E-state index contributed by atoms with van der Waals surface area (Å²) in [6.45, 7) is 10.1. The summed E-state index contributed by atoms with van der Waals surface area (Å²) in [7, 11) is 0. The van der Waals surface area contributed by atoms with E-state index in [0.717, 1.165) is 29.7 Å². The molecule has 2 aliphatic rings. The van der Waals surface area contributed by atoms with Crippen LogP contribution in [0.5, 0.6) is 0 Å². The summed E-state index contributed by atoms with van der Waals surface area (Å²) in [5.41, 5.74) is 1.16. The van der Waals surface area contributed by atoms with E-state index in [1.807, 2.05) is 12.3 Å². The van der Waals surface area contributed by atoms with E-state index in [2.05, 4.69) is 32.2 Å². The second-order valence-electron chi connectivity index (χ2n) is 5.04. The zero-order chi connectivity index (χ0) is 13.9. The van der Waals surface area contributed by atoms with Gasteiger partial charge in [-0.05, 0) is 38.5 Å². The number of ether oxygens (including phenoxy) is 1. The number of carbonyl (C=O) groups excluding carboxylic acids is 1. The van der Waals surface area contributed by atoms with Crippen LogP contribution >= 0.6 is 11.8 Å². The van der Waals surface area contributed by atoms with Gasteiger partial charge in [-0.25, -0.2) is 0 Å². The molecule has 1 atom stereocenters. The monoisotopic (exact) mass is 280 g/mol. The van der Waals surface area contributed by atoms with Gasteiger partial charge in [0.2, 0.25) is 5.78 Å². The van der Waals surface area contributed by atoms with Gasteiger partial charge < -0.3 is 4.74 Å². The van der Waals surface area contributed by atoms with E-state index < -0.39 is 0 Å². The molecule has 0 radical (unpaired) electrons. The van der Waals surface area contributed by atoms with Crippen molar-refractivity contribution in [3.05, 3.63) is 35.1 Å². The van der Waals surface area contributed by atoms with Crippen LogP contribution in [0.25, 0.3) is 0 Å². The number of hydrogen-bond acceptors (Lipinski definition) is 3. The van der Waals surface area contributed by atoms with Gasteiger partial charge in [-0.3, -0.25) is 9.28 Å². The fourth-order valence-electron chi connectivity index (χ4n) is 2.23. The van der Waals surface area contributed by atoms with Gasteiger partial charge in [-0.1, -0.05) is 0 Å². The lowest BCUT2D eigenvalue weighted by Crippen LogP contribution is -2.43. The van der Waals surface area contributed by atoms with Gasteiger partial charge in [-0.2, -0.15) is 0 Å². The molecule has 0 aromatic carbocycles. The molecule has 0 saturated carbocycles. The lowest BCUT2D eigenvalue weighted by atomic mass is 10.1. The number of Topliss-reactive ketones (excluding diaryl/α,β-unsaturated/α-hetero) is 1. The third kappa shape index (κ3) is 3.12. The fraction of sp³-hybridized carbons (Fsp3) is 0.533. The molecule has 0 aliphatic carbocycles. The van der Waals surface area contributed by atoms with Gasteiger partial charge in [-0.15, -0.1) is 11.8 Å². The smallest absolute Gasteiger partial charge is 0.210 e. The van der Waals surface area contributed by atoms with Crippen molar-refractivity contribution in [3.63, 3.8) is 0 Å². The van der Waals surface area contributed by atoms with Crippen LogP contribution in [0.15, 0.2) is 35.1 Å². The number of rotatable bonds is 5. The number of thioether (sulfide) groups is 1. The van der Waals surface area contributed by atoms with E-state index in [0.29, 0.717) is 12.4 Å². The Kier molecular flexibility index (Phi) is 4.53. The van der Waals surface area contributed by atoms with Crippen LogP contribution in [0, 0.1) is 0 Å². The SMILES string of the molecule is CC[N+]1(CC)C=CC(COC2=CSC(C)C2=O)=CC1. The lowest BCUT2D eigenvalue weighted by molar-refractivity contribution is -0.870. The number of allylic oxidation sites excluding steroid dienone is 1. The first-order valence-electron chi connectivity index (χ1n) is 6.87. The molecule has 0 fully saturated rings. The zero-order valence-electron chi connectivity index (χ0n) is 11.9. The topological polar surface area (TPSA) is 26.3 Å². The summed E-state index contributed by atoms with van der Waals surface area (Å²) >= 11 is 1.53. The molecular formula is C15H22NO2S+. The van der Waals surface area contributed by atoms with Crippen LogP contribution in [0.2, 0.25) is 0 Å². The van der Waals surface area contributed by atoms with E-state index in [-0.39, 0.29) is 11.0 Å². The molecule has 1 unspecified atom stereocenters. The molecule has 3 nitrogen and oxygen atoms in total. The Balaban J connectivity index is 1.88. The maximum atomic E-state index is 11.7. The summed E-state index contributed by atoms with van der Waals surface area (Å²) in [5.74, 6) is 0.627. The summed E-state index contributed by atoms with van der Waals surface area (Å²) in [5, 5.41) is 1.84. The zero-order valence-corrected chi connectivity index (χ0v) is 12.7. The second kappa shape index (κ2) is 5.97. The molecule has 0 bridgehead atoms. The van der Waals surface area contributed by atoms with E-state index in [1.165, 1.54) is 11.8 Å². The van der Waals surface area contributed by atoms with Crippen LogP contribution in [-0.4, -0.2) is 41.8 Å². The van der Waals surface area contributed by atoms with Crippen molar-refractivity contribution in [1.29, 1.82) is 0 Å². The van der Waals surface area contributed by atoms with Crippen molar-refractivity contribution in [2.45, 2.75) is 26.0 Å². The lowest BCUT2D eigenvalue weighted by Gasteiger charge is -2.33. The maximum absolute atomic E-state index is 11.7. The van der Waals surface area contributed by atoms with Gasteiger partial charge in [0.15, 0.2) is 5.76 Å². The average molecular weight is 280 g/mol. The van der Waals surface area contributed by atoms with Crippen LogP contribution in [0.1, 0.15) is 20.8 Å². The third-order valence-electron chi connectivity index (χ3n) is 3.97. The van der Waals surface area contributed by atoms with Gasteiger partial charge in [0.25, 0.3) is 0 Å². The molecule has 0 aromatic heterocycles. The predicted octanol–water partition coefficient (Wildman–Crippen LogP) is 2.86. The maximum Gasteiger partial charge on any atom is 0.210 e. The highest BCUT2D eigenvalue weighted by Gasteiger charge is 2.26. The van der Waals surface area contributed by atoms with Crippen molar-refractivity contribution < 1.29 is 14.0 Å². The minimum atomic E-state index is 0.00961. The van der Waals surface area contributed by atoms with E-state index in [9.17, 15) is 4.79 Å². The first-order chi connectivity index (χ1) is 9.10. The first kappa shape index (κ1) is 14.4. The number of hydrogen-bond donors (Lipinski definition) is 0. The second-order valence-corrected chi connectivity index (χ2v) is 6.26. The Morgan fingerprint density at radius 3 is 2.63 bits per heavy atom. The minimum absolute atomic E-state index is 0.00961. The van der Waals surface area contributed by atoms with E-state index in [4.69, 9.17) is 4.74 Å². The average Bonchev–Trinajstić information content (AvgIpc) is 2.77. The van der Waals surface area contributed by atoms with Gasteiger partial charge in [0.05, 0.1) is 24.5 Å². The van der Waals surface area contributed by atoms with Crippen molar-refractivity contribution in [2.75, 3.05) is 26.2 Å². The van der Waals surface area contributed by atoms with Gasteiger partial charge in [0, 0.05) is 5.41 Å². The summed E-state index contributed by atoms with van der Waals surface area (Å²) < 4.78 is 6.62. The molecule has 0 saturated heterocycles. The molecule has 19 heavy (non-hydrogen) atoms. The number of carbonyl (C=O) groups is 1. The predicted molar refractivity (Wildman–Crippen MR) is 79.5 cm³/mol. The number of nitrogens with zero attached hydrogens (tertiary/aromatic N) is 1. The third-order valence-corrected chi connectivity index (χ3v) is 4.94. The van der Waals surface area contributed by atoms with Crippen LogP contribution in [-0.2, 0) is 9.53 Å². The Bertz CT molecular complexity index is 447. The van der Waals surface area contributed by atoms with E-state index >= 15 is 0 Å².